The molecule has 4 atom stereocenters. The van der Waals surface area contributed by atoms with Gasteiger partial charge in [0.2, 0.25) is 5.71 Å². The fourth-order valence-corrected chi connectivity index (χ4v) is 10.7. The lowest BCUT2D eigenvalue weighted by Crippen LogP contribution is -2.39. The third-order valence-corrected chi connectivity index (χ3v) is 14.3. The van der Waals surface area contributed by atoms with Crippen molar-refractivity contribution in [1.82, 2.24) is 19.1 Å². The van der Waals surface area contributed by atoms with Gasteiger partial charge in [0.15, 0.2) is 0 Å². The molecule has 1 fully saturated rings. The quantitative estimate of drug-likeness (QED) is 0.0290. The van der Waals surface area contributed by atoms with Crippen LogP contribution in [0, 0.1) is 11.3 Å². The molecule has 2 amide bonds. The Morgan fingerprint density at radius 3 is 2.00 bits per heavy atom. The first-order chi connectivity index (χ1) is 32.9. The number of methoxy groups -OCH3 is 2. The normalized spacial score (nSPS) is 17.6. The van der Waals surface area contributed by atoms with E-state index in [1.165, 1.54) is 9.47 Å². The molecule has 1 unspecified atom stereocenters. The first-order valence-corrected chi connectivity index (χ1v) is 23.9. The Kier molecular flexibility index (Phi) is 15.2. The highest BCUT2D eigenvalue weighted by molar-refractivity contribution is 7.44. The van der Waals surface area contributed by atoms with E-state index in [0.29, 0.717) is 46.6 Å². The standard InChI is InChI=1S/C52H56N5O10P/c1-34(2)57(35(3)4)68(64-29-13-27-53)67-45-31-47(56-32-36-30-42(65-48(36)54-51(56)60)16-12-28-55-49(58)43-17-10-11-18-44(43)50(55)59)66-46(45)33-63-52(37-14-8-7-9-15-37,38-19-23-40(61-5)24-20-38)39-21-25-41(62-6)26-22-39/h7-11,14-15,17-26,30,32,34-35,45-47H,12-13,16,28-29,31,33H2,1-6H3/t45-,46+,47+,68?/m0/s1. The van der Waals surface area contributed by atoms with Crippen LogP contribution in [0.3, 0.4) is 0 Å². The molecule has 2 aromatic heterocycles. The molecular formula is C52H56N5O10P. The number of amides is 2. The van der Waals surface area contributed by atoms with Gasteiger partial charge in [-0.2, -0.15) is 10.2 Å². The Balaban J connectivity index is 1.12. The van der Waals surface area contributed by atoms with Crippen molar-refractivity contribution < 1.29 is 42.0 Å². The highest BCUT2D eigenvalue weighted by Crippen LogP contribution is 2.51. The van der Waals surface area contributed by atoms with E-state index in [9.17, 15) is 19.6 Å². The highest BCUT2D eigenvalue weighted by Gasteiger charge is 2.45. The Morgan fingerprint density at radius 2 is 1.43 bits per heavy atom. The lowest BCUT2D eigenvalue weighted by Gasteiger charge is -2.39. The second kappa shape index (κ2) is 21.4. The van der Waals surface area contributed by atoms with Gasteiger partial charge < -0.3 is 32.4 Å². The predicted molar refractivity (Wildman–Crippen MR) is 255 cm³/mol. The summed E-state index contributed by atoms with van der Waals surface area (Å²) in [7, 11) is 1.52. The largest absolute Gasteiger partial charge is 0.497 e. The molecule has 0 aliphatic carbocycles. The molecule has 6 aromatic rings. The molecule has 0 N–H and O–H groups in total. The Hall–Kier alpha value is -6.24. The zero-order valence-corrected chi connectivity index (χ0v) is 40.0. The predicted octanol–water partition coefficient (Wildman–Crippen LogP) is 9.19. The van der Waals surface area contributed by atoms with Crippen molar-refractivity contribution >= 4 is 31.4 Å². The van der Waals surface area contributed by atoms with Crippen LogP contribution in [0.15, 0.2) is 125 Å². The van der Waals surface area contributed by atoms with Crippen LogP contribution in [0.4, 0.5) is 0 Å². The molecule has 354 valence electrons. The van der Waals surface area contributed by atoms with Gasteiger partial charge in [0, 0.05) is 37.7 Å². The van der Waals surface area contributed by atoms with E-state index in [2.05, 4.69) is 43.4 Å². The molecule has 0 bridgehead atoms. The highest BCUT2D eigenvalue weighted by atomic mass is 31.2. The van der Waals surface area contributed by atoms with E-state index in [1.54, 1.807) is 44.7 Å². The molecular weight excluding hydrogens is 886 g/mol. The first kappa shape index (κ1) is 48.2. The number of ether oxygens (including phenoxy) is 4. The first-order valence-electron chi connectivity index (χ1n) is 22.8. The summed E-state index contributed by atoms with van der Waals surface area (Å²) in [6, 6.07) is 36.3. The smallest absolute Gasteiger partial charge is 0.353 e. The number of hydrogen-bond donors (Lipinski definition) is 0. The lowest BCUT2D eigenvalue weighted by molar-refractivity contribution is -0.0924. The Labute approximate surface area is 397 Å². The maximum absolute atomic E-state index is 13.9. The van der Waals surface area contributed by atoms with Gasteiger partial charge in [0.05, 0.1) is 62.5 Å². The summed E-state index contributed by atoms with van der Waals surface area (Å²) in [5.74, 6) is 1.30. The fourth-order valence-electron chi connectivity index (χ4n) is 8.98. The maximum Gasteiger partial charge on any atom is 0.353 e. The number of aromatic nitrogens is 2. The number of carbonyl (C=O) groups is 2. The van der Waals surface area contributed by atoms with Crippen LogP contribution in [-0.2, 0) is 30.5 Å². The molecule has 15 nitrogen and oxygen atoms in total. The number of fused-ring (bicyclic) bond motifs is 2. The summed E-state index contributed by atoms with van der Waals surface area (Å²) >= 11 is 0. The lowest BCUT2D eigenvalue weighted by atomic mass is 9.80. The van der Waals surface area contributed by atoms with Crippen molar-refractivity contribution in [3.63, 3.8) is 0 Å². The van der Waals surface area contributed by atoms with Gasteiger partial charge in [-0.1, -0.05) is 66.7 Å². The van der Waals surface area contributed by atoms with Crippen LogP contribution in [0.25, 0.3) is 11.1 Å². The van der Waals surface area contributed by atoms with Crippen molar-refractivity contribution in [3.05, 3.63) is 159 Å². The number of hydrogen-bond acceptors (Lipinski definition) is 13. The van der Waals surface area contributed by atoms with Gasteiger partial charge in [-0.3, -0.25) is 19.1 Å². The Morgan fingerprint density at radius 1 is 0.838 bits per heavy atom. The van der Waals surface area contributed by atoms with E-state index in [1.807, 2.05) is 84.9 Å². The van der Waals surface area contributed by atoms with Crippen LogP contribution in [0.5, 0.6) is 11.5 Å². The van der Waals surface area contributed by atoms with Crippen molar-refractivity contribution in [1.29, 1.82) is 5.26 Å². The summed E-state index contributed by atoms with van der Waals surface area (Å²) in [6.45, 7) is 8.67. The van der Waals surface area contributed by atoms with E-state index < -0.39 is 38.3 Å². The molecule has 4 heterocycles. The van der Waals surface area contributed by atoms with Gasteiger partial charge in [0.1, 0.15) is 35.2 Å². The molecule has 0 radical (unpaired) electrons. The topological polar surface area (TPSA) is 168 Å². The van der Waals surface area contributed by atoms with Crippen molar-refractivity contribution in [2.75, 3.05) is 34.0 Å². The zero-order valence-electron chi connectivity index (χ0n) is 39.1. The molecule has 2 aliphatic heterocycles. The van der Waals surface area contributed by atoms with E-state index >= 15 is 0 Å². The van der Waals surface area contributed by atoms with Crippen LogP contribution in [-0.4, -0.2) is 89.2 Å². The van der Waals surface area contributed by atoms with Gasteiger partial charge >= 0.3 is 5.69 Å². The second-order valence-electron chi connectivity index (χ2n) is 17.2. The van der Waals surface area contributed by atoms with Gasteiger partial charge in [-0.25, -0.2) is 9.46 Å². The molecule has 16 heteroatoms. The van der Waals surface area contributed by atoms with Crippen LogP contribution in [0.2, 0.25) is 0 Å². The van der Waals surface area contributed by atoms with Gasteiger partial charge in [-0.15, -0.1) is 0 Å². The molecule has 68 heavy (non-hydrogen) atoms. The number of carbonyl (C=O) groups excluding carboxylic acids is 2. The van der Waals surface area contributed by atoms with E-state index in [-0.39, 0.29) is 62.2 Å². The summed E-state index contributed by atoms with van der Waals surface area (Å²) in [5, 5.41) is 10.0. The Bertz CT molecular complexity index is 2700. The summed E-state index contributed by atoms with van der Waals surface area (Å²) in [4.78, 5) is 45.4. The van der Waals surface area contributed by atoms with Crippen LogP contribution >= 0.6 is 8.53 Å². The minimum atomic E-state index is -1.73. The minimum Gasteiger partial charge on any atom is -0.497 e. The number of benzene rings is 4. The number of imide groups is 1. The number of furan rings is 1. The SMILES string of the molecule is COc1ccc(C(OC[C@H]2O[C@@H](n3cc4cc(CCCN5C(=O)c6ccccc6C5=O)oc4nc3=O)C[C@@H]2OP(OCCC#N)N(C(C)C)C(C)C)(c2ccccc2)c2ccc(OC)cc2)cc1. The third-order valence-electron chi connectivity index (χ3n) is 12.2. The van der Waals surface area contributed by atoms with Crippen molar-refractivity contribution in [2.45, 2.75) is 89.5 Å². The molecule has 2 aliphatic rings. The molecule has 8 rings (SSSR count). The minimum absolute atomic E-state index is 0.00618. The van der Waals surface area contributed by atoms with Gasteiger partial charge in [0.25, 0.3) is 20.3 Å². The number of rotatable bonds is 21. The molecule has 1 saturated heterocycles. The van der Waals surface area contributed by atoms with Gasteiger partial charge in [-0.05, 0) is 93.3 Å². The van der Waals surface area contributed by atoms with Crippen molar-refractivity contribution in [2.24, 2.45) is 0 Å². The summed E-state index contributed by atoms with van der Waals surface area (Å²) < 4.78 is 48.4. The average Bonchev–Trinajstić information content (AvgIpc) is 4.01. The van der Waals surface area contributed by atoms with Crippen LogP contribution < -0.4 is 15.2 Å². The fraction of sp³-hybridized carbons (Fsp3) is 0.365. The second-order valence-corrected chi connectivity index (χ2v) is 18.6. The summed E-state index contributed by atoms with van der Waals surface area (Å²) in [5.41, 5.74) is 1.74. The average molecular weight is 942 g/mol. The molecule has 0 spiro atoms. The monoisotopic (exact) mass is 941 g/mol. The van der Waals surface area contributed by atoms with E-state index in [4.69, 9.17) is 32.4 Å². The van der Waals surface area contributed by atoms with Crippen LogP contribution in [0.1, 0.15) is 96.4 Å². The zero-order chi connectivity index (χ0) is 48.0. The molecule has 4 aromatic carbocycles. The number of nitrogens with zero attached hydrogens (tertiary/aromatic N) is 5. The molecule has 0 saturated carbocycles. The van der Waals surface area contributed by atoms with Crippen molar-refractivity contribution in [3.8, 4) is 17.6 Å². The summed E-state index contributed by atoms with van der Waals surface area (Å²) in [6.07, 6.45) is 0.714. The van der Waals surface area contributed by atoms with E-state index in [0.717, 1.165) is 16.7 Å². The number of aryl methyl sites for hydroxylation is 1. The number of nitriles is 1. The maximum atomic E-state index is 13.9. The third kappa shape index (κ3) is 9.98.